The van der Waals surface area contributed by atoms with Crippen molar-refractivity contribution < 1.29 is 14.3 Å². The highest BCUT2D eigenvalue weighted by Crippen LogP contribution is 2.17. The van der Waals surface area contributed by atoms with Gasteiger partial charge in [-0.3, -0.25) is 4.79 Å². The van der Waals surface area contributed by atoms with Gasteiger partial charge in [-0.05, 0) is 18.8 Å². The van der Waals surface area contributed by atoms with Crippen LogP contribution in [0.25, 0.3) is 0 Å². The number of amides is 2. The van der Waals surface area contributed by atoms with Crippen molar-refractivity contribution in [1.82, 2.24) is 10.6 Å². The van der Waals surface area contributed by atoms with Crippen LogP contribution >= 0.6 is 0 Å². The van der Waals surface area contributed by atoms with Gasteiger partial charge in [0, 0.05) is 19.0 Å². The molecule has 0 unspecified atom stereocenters. The Balaban J connectivity index is 2.11. The van der Waals surface area contributed by atoms with Crippen LogP contribution < -0.4 is 10.6 Å². The maximum absolute atomic E-state index is 11.9. The van der Waals surface area contributed by atoms with Crippen LogP contribution in [-0.2, 0) is 9.53 Å². The van der Waals surface area contributed by atoms with Crippen LogP contribution in [0.4, 0.5) is 4.79 Å². The van der Waals surface area contributed by atoms with Gasteiger partial charge in [-0.15, -0.1) is 0 Å². The maximum atomic E-state index is 11.9. The number of hydrogen-bond acceptors (Lipinski definition) is 3. The van der Waals surface area contributed by atoms with E-state index >= 15 is 0 Å². The largest absolute Gasteiger partial charge is 0.449 e. The molecule has 5 heteroatoms. The molecular weight excluding hydrogens is 268 g/mol. The number of carbonyl (C=O) groups is 2. The van der Waals surface area contributed by atoms with Crippen LogP contribution in [0.15, 0.2) is 0 Å². The molecule has 0 spiro atoms. The predicted molar refractivity (Wildman–Crippen MR) is 83.1 cm³/mol. The third-order valence-electron chi connectivity index (χ3n) is 3.64. The summed E-state index contributed by atoms with van der Waals surface area (Å²) in [5.74, 6) is 0.336. The number of hydrogen-bond donors (Lipinski definition) is 2. The second kappa shape index (κ2) is 10.5. The standard InChI is InChI=1S/C16H30N2O3/c1-13(2)12-21-16(20)17-11-10-15(19)18-14-8-6-4-3-5-7-9-14/h13-14H,3-12H2,1-2H3,(H,17,20)(H,18,19). The fraction of sp³-hybridized carbons (Fsp3) is 0.875. The highest BCUT2D eigenvalue weighted by atomic mass is 16.5. The molecule has 2 amide bonds. The minimum atomic E-state index is -0.442. The number of carbonyl (C=O) groups excluding carboxylic acids is 2. The maximum Gasteiger partial charge on any atom is 0.407 e. The Bertz CT molecular complexity index is 311. The summed E-state index contributed by atoms with van der Waals surface area (Å²) in [6.45, 7) is 4.70. The zero-order chi connectivity index (χ0) is 15.5. The molecule has 0 heterocycles. The Labute approximate surface area is 128 Å². The summed E-state index contributed by atoms with van der Waals surface area (Å²) < 4.78 is 4.98. The van der Waals surface area contributed by atoms with E-state index in [0.717, 1.165) is 12.8 Å². The van der Waals surface area contributed by atoms with Crippen LogP contribution in [0.2, 0.25) is 0 Å². The van der Waals surface area contributed by atoms with E-state index in [4.69, 9.17) is 4.74 Å². The summed E-state index contributed by atoms with van der Waals surface area (Å²) in [7, 11) is 0. The van der Waals surface area contributed by atoms with Crippen molar-refractivity contribution in [2.75, 3.05) is 13.2 Å². The van der Waals surface area contributed by atoms with E-state index in [9.17, 15) is 9.59 Å². The first-order valence-corrected chi connectivity index (χ1v) is 8.28. The average Bonchev–Trinajstić information content (AvgIpc) is 2.39. The van der Waals surface area contributed by atoms with Crippen LogP contribution in [0, 0.1) is 5.92 Å². The van der Waals surface area contributed by atoms with E-state index in [1.54, 1.807) is 0 Å². The summed E-state index contributed by atoms with van der Waals surface area (Å²) >= 11 is 0. The molecule has 21 heavy (non-hydrogen) atoms. The number of rotatable bonds is 6. The van der Waals surface area contributed by atoms with Crippen molar-refractivity contribution in [2.45, 2.75) is 71.3 Å². The smallest absolute Gasteiger partial charge is 0.407 e. The second-order valence-electron chi connectivity index (χ2n) is 6.28. The topological polar surface area (TPSA) is 67.4 Å². The lowest BCUT2D eigenvalue weighted by Gasteiger charge is -2.21. The van der Waals surface area contributed by atoms with Crippen LogP contribution in [0.3, 0.4) is 0 Å². The van der Waals surface area contributed by atoms with E-state index in [1.807, 2.05) is 13.8 Å². The lowest BCUT2D eigenvalue weighted by atomic mass is 9.96. The molecule has 0 aromatic rings. The highest BCUT2D eigenvalue weighted by molar-refractivity contribution is 5.77. The van der Waals surface area contributed by atoms with Crippen molar-refractivity contribution in [2.24, 2.45) is 5.92 Å². The van der Waals surface area contributed by atoms with Gasteiger partial charge < -0.3 is 15.4 Å². The Morgan fingerprint density at radius 2 is 1.71 bits per heavy atom. The Kier molecular flexibility index (Phi) is 8.87. The summed E-state index contributed by atoms with van der Waals surface area (Å²) in [6, 6.07) is 0.311. The zero-order valence-electron chi connectivity index (χ0n) is 13.5. The van der Waals surface area contributed by atoms with E-state index in [0.29, 0.717) is 31.5 Å². The van der Waals surface area contributed by atoms with E-state index in [-0.39, 0.29) is 5.91 Å². The minimum Gasteiger partial charge on any atom is -0.449 e. The molecule has 2 N–H and O–H groups in total. The van der Waals surface area contributed by atoms with Crippen molar-refractivity contribution in [3.8, 4) is 0 Å². The summed E-state index contributed by atoms with van der Waals surface area (Å²) in [5.41, 5.74) is 0. The Morgan fingerprint density at radius 1 is 1.10 bits per heavy atom. The van der Waals surface area contributed by atoms with Crippen LogP contribution in [0.5, 0.6) is 0 Å². The Morgan fingerprint density at radius 3 is 2.33 bits per heavy atom. The number of alkyl carbamates (subject to hydrolysis) is 1. The molecule has 122 valence electrons. The summed E-state index contributed by atoms with van der Waals surface area (Å²) in [6.07, 6.45) is 8.30. The van der Waals surface area contributed by atoms with Crippen molar-refractivity contribution in [1.29, 1.82) is 0 Å². The van der Waals surface area contributed by atoms with Gasteiger partial charge in [0.1, 0.15) is 0 Å². The molecule has 0 aliphatic heterocycles. The first-order chi connectivity index (χ1) is 10.1. The first-order valence-electron chi connectivity index (χ1n) is 8.28. The van der Waals surface area contributed by atoms with Gasteiger partial charge in [0.25, 0.3) is 0 Å². The molecule has 0 atom stereocenters. The molecule has 1 rings (SSSR count). The monoisotopic (exact) mass is 298 g/mol. The van der Waals surface area contributed by atoms with Crippen LogP contribution in [0.1, 0.15) is 65.2 Å². The molecule has 1 fully saturated rings. The van der Waals surface area contributed by atoms with Gasteiger partial charge in [-0.1, -0.05) is 46.0 Å². The van der Waals surface area contributed by atoms with Crippen molar-refractivity contribution >= 4 is 12.0 Å². The zero-order valence-corrected chi connectivity index (χ0v) is 13.5. The van der Waals surface area contributed by atoms with Gasteiger partial charge in [0.05, 0.1) is 6.61 Å². The lowest BCUT2D eigenvalue weighted by Crippen LogP contribution is -2.37. The summed E-state index contributed by atoms with van der Waals surface area (Å²) in [4.78, 5) is 23.2. The van der Waals surface area contributed by atoms with E-state index in [2.05, 4.69) is 10.6 Å². The first kappa shape index (κ1) is 17.8. The summed E-state index contributed by atoms with van der Waals surface area (Å²) in [5, 5.41) is 5.69. The quantitative estimate of drug-likeness (QED) is 0.792. The molecule has 5 nitrogen and oxygen atoms in total. The molecule has 1 aliphatic carbocycles. The Hall–Kier alpha value is -1.26. The van der Waals surface area contributed by atoms with E-state index < -0.39 is 6.09 Å². The number of nitrogens with one attached hydrogen (secondary N) is 2. The molecule has 1 aliphatic rings. The highest BCUT2D eigenvalue weighted by Gasteiger charge is 2.14. The van der Waals surface area contributed by atoms with Crippen molar-refractivity contribution in [3.63, 3.8) is 0 Å². The molecule has 0 radical (unpaired) electrons. The lowest BCUT2D eigenvalue weighted by molar-refractivity contribution is -0.121. The van der Waals surface area contributed by atoms with Crippen molar-refractivity contribution in [3.05, 3.63) is 0 Å². The molecule has 0 bridgehead atoms. The average molecular weight is 298 g/mol. The molecular formula is C16H30N2O3. The molecule has 1 saturated carbocycles. The third-order valence-corrected chi connectivity index (χ3v) is 3.64. The molecule has 0 aromatic carbocycles. The van der Waals surface area contributed by atoms with Gasteiger partial charge in [0.2, 0.25) is 5.91 Å². The van der Waals surface area contributed by atoms with Gasteiger partial charge in [0.15, 0.2) is 0 Å². The van der Waals surface area contributed by atoms with E-state index in [1.165, 1.54) is 32.1 Å². The SMILES string of the molecule is CC(C)COC(=O)NCCC(=O)NC1CCCCCCC1. The number of ether oxygens (including phenoxy) is 1. The minimum absolute atomic E-state index is 0.0183. The van der Waals surface area contributed by atoms with Gasteiger partial charge >= 0.3 is 6.09 Å². The molecule has 0 saturated heterocycles. The fourth-order valence-corrected chi connectivity index (χ4v) is 2.47. The molecule has 0 aromatic heterocycles. The van der Waals surface area contributed by atoms with Gasteiger partial charge in [-0.2, -0.15) is 0 Å². The second-order valence-corrected chi connectivity index (χ2v) is 6.28. The normalized spacial score (nSPS) is 16.9. The van der Waals surface area contributed by atoms with Crippen LogP contribution in [-0.4, -0.2) is 31.2 Å². The van der Waals surface area contributed by atoms with Gasteiger partial charge in [-0.25, -0.2) is 4.79 Å². The predicted octanol–water partition coefficient (Wildman–Crippen LogP) is 2.99. The third kappa shape index (κ3) is 9.32. The fourth-order valence-electron chi connectivity index (χ4n) is 2.47.